The van der Waals surface area contributed by atoms with Crippen molar-refractivity contribution in [3.05, 3.63) is 53.6 Å². The molecule has 0 aliphatic carbocycles. The molecule has 2 aromatic rings. The zero-order valence-corrected chi connectivity index (χ0v) is 16.9. The molecule has 146 valence electrons. The van der Waals surface area contributed by atoms with Crippen molar-refractivity contribution in [1.29, 1.82) is 0 Å². The second-order valence-electron chi connectivity index (χ2n) is 5.77. The van der Waals surface area contributed by atoms with Gasteiger partial charge < -0.3 is 10.1 Å². The Morgan fingerprint density at radius 2 is 1.78 bits per heavy atom. The van der Waals surface area contributed by atoms with Crippen molar-refractivity contribution in [2.75, 3.05) is 25.0 Å². The highest BCUT2D eigenvalue weighted by molar-refractivity contribution is 7.89. The van der Waals surface area contributed by atoms with E-state index in [2.05, 4.69) is 5.32 Å². The molecule has 8 heteroatoms. The molecule has 0 fully saturated rings. The predicted octanol–water partition coefficient (Wildman–Crippen LogP) is 3.78. The van der Waals surface area contributed by atoms with Crippen LogP contribution < -0.4 is 10.1 Å². The third-order valence-electron chi connectivity index (χ3n) is 3.71. The van der Waals surface area contributed by atoms with Gasteiger partial charge in [-0.1, -0.05) is 30.7 Å². The second-order valence-corrected chi connectivity index (χ2v) is 8.14. The van der Waals surface area contributed by atoms with Gasteiger partial charge in [0.25, 0.3) is 0 Å². The summed E-state index contributed by atoms with van der Waals surface area (Å²) in [6.07, 6.45) is 0.579. The van der Waals surface area contributed by atoms with E-state index in [1.165, 1.54) is 24.3 Å². The molecule has 2 rings (SSSR count). The van der Waals surface area contributed by atoms with Crippen molar-refractivity contribution in [2.45, 2.75) is 25.2 Å². The number of nitrogens with zero attached hydrogens (tertiary/aromatic N) is 1. The van der Waals surface area contributed by atoms with Crippen LogP contribution >= 0.6 is 11.6 Å². The number of halogens is 1. The minimum absolute atomic E-state index is 0.0999. The number of hydrogen-bond donors (Lipinski definition) is 1. The second kappa shape index (κ2) is 9.73. The van der Waals surface area contributed by atoms with Crippen molar-refractivity contribution < 1.29 is 17.9 Å². The number of anilines is 1. The highest BCUT2D eigenvalue weighted by atomic mass is 35.5. The van der Waals surface area contributed by atoms with Crippen LogP contribution in [0.1, 0.15) is 20.3 Å². The Kier molecular flexibility index (Phi) is 7.65. The number of ether oxygens (including phenoxy) is 1. The first-order valence-corrected chi connectivity index (χ1v) is 10.5. The minimum atomic E-state index is -3.81. The summed E-state index contributed by atoms with van der Waals surface area (Å²) < 4.78 is 32.4. The molecule has 0 atom stereocenters. The summed E-state index contributed by atoms with van der Waals surface area (Å²) in [4.78, 5) is 12.6. The average Bonchev–Trinajstić information content (AvgIpc) is 2.63. The predicted molar refractivity (Wildman–Crippen MR) is 107 cm³/mol. The van der Waals surface area contributed by atoms with Crippen molar-refractivity contribution in [1.82, 2.24) is 4.31 Å². The van der Waals surface area contributed by atoms with E-state index in [0.29, 0.717) is 29.5 Å². The maximum absolute atomic E-state index is 12.9. The van der Waals surface area contributed by atoms with Gasteiger partial charge in [-0.05, 0) is 49.7 Å². The average molecular weight is 411 g/mol. The molecular formula is C19H23ClN2O4S. The SMILES string of the molecule is CCCN(CC(=O)Nc1ccccc1OCC)S(=O)(=O)c1ccc(Cl)cc1. The Morgan fingerprint density at radius 3 is 2.41 bits per heavy atom. The largest absolute Gasteiger partial charge is 0.492 e. The first-order valence-electron chi connectivity index (χ1n) is 8.65. The molecule has 0 unspecified atom stereocenters. The summed E-state index contributed by atoms with van der Waals surface area (Å²) in [5.74, 6) is 0.101. The number of carbonyl (C=O) groups excluding carboxylic acids is 1. The van der Waals surface area contributed by atoms with Crippen molar-refractivity contribution in [3.8, 4) is 5.75 Å². The number of sulfonamides is 1. The molecule has 6 nitrogen and oxygen atoms in total. The number of amides is 1. The molecule has 0 aliphatic heterocycles. The zero-order valence-electron chi connectivity index (χ0n) is 15.3. The van der Waals surface area contributed by atoms with Crippen LogP contribution in [0.15, 0.2) is 53.4 Å². The minimum Gasteiger partial charge on any atom is -0.492 e. The summed E-state index contributed by atoms with van der Waals surface area (Å²) in [6.45, 7) is 4.09. The van der Waals surface area contributed by atoms with E-state index in [1.807, 2.05) is 13.8 Å². The smallest absolute Gasteiger partial charge is 0.243 e. The third kappa shape index (κ3) is 5.69. The number of rotatable bonds is 9. The first kappa shape index (κ1) is 21.2. The zero-order chi connectivity index (χ0) is 19.9. The van der Waals surface area contributed by atoms with Gasteiger partial charge in [0.15, 0.2) is 0 Å². The molecule has 27 heavy (non-hydrogen) atoms. The van der Waals surface area contributed by atoms with Gasteiger partial charge in [0.1, 0.15) is 5.75 Å². The highest BCUT2D eigenvalue weighted by Crippen LogP contribution is 2.24. The Labute approximate surface area is 165 Å². The first-order chi connectivity index (χ1) is 12.9. The van der Waals surface area contributed by atoms with E-state index in [1.54, 1.807) is 24.3 Å². The molecule has 1 N–H and O–H groups in total. The van der Waals surface area contributed by atoms with E-state index < -0.39 is 15.9 Å². The van der Waals surface area contributed by atoms with Crippen LogP contribution in [0, 0.1) is 0 Å². The molecule has 0 saturated heterocycles. The molecule has 0 radical (unpaired) electrons. The van der Waals surface area contributed by atoms with Crippen LogP contribution in [0.5, 0.6) is 5.75 Å². The number of hydrogen-bond acceptors (Lipinski definition) is 4. The number of carbonyl (C=O) groups is 1. The quantitative estimate of drug-likeness (QED) is 0.682. The van der Waals surface area contributed by atoms with Gasteiger partial charge >= 0.3 is 0 Å². The summed E-state index contributed by atoms with van der Waals surface area (Å²) in [7, 11) is -3.81. The van der Waals surface area contributed by atoms with Crippen molar-refractivity contribution in [2.24, 2.45) is 0 Å². The van der Waals surface area contributed by atoms with Gasteiger partial charge in [-0.25, -0.2) is 8.42 Å². The number of benzene rings is 2. The molecule has 1 amide bonds. The maximum Gasteiger partial charge on any atom is 0.243 e. The fourth-order valence-corrected chi connectivity index (χ4v) is 4.10. The van der Waals surface area contributed by atoms with Crippen LogP contribution in [-0.4, -0.2) is 38.3 Å². The normalized spacial score (nSPS) is 11.4. The summed E-state index contributed by atoms with van der Waals surface area (Å²) in [5.41, 5.74) is 0.504. The van der Waals surface area contributed by atoms with Crippen LogP contribution in [0.3, 0.4) is 0 Å². The molecule has 0 spiro atoms. The molecule has 0 bridgehead atoms. The third-order valence-corrected chi connectivity index (χ3v) is 5.82. The van der Waals surface area contributed by atoms with Crippen molar-refractivity contribution in [3.63, 3.8) is 0 Å². The van der Waals surface area contributed by atoms with Crippen LogP contribution in [-0.2, 0) is 14.8 Å². The molecule has 2 aromatic carbocycles. The van der Waals surface area contributed by atoms with E-state index in [4.69, 9.17) is 16.3 Å². The lowest BCUT2D eigenvalue weighted by molar-refractivity contribution is -0.116. The monoisotopic (exact) mass is 410 g/mol. The fraction of sp³-hybridized carbons (Fsp3) is 0.316. The molecule has 0 aromatic heterocycles. The Hall–Kier alpha value is -2.09. The van der Waals surface area contributed by atoms with E-state index >= 15 is 0 Å². The van der Waals surface area contributed by atoms with E-state index in [9.17, 15) is 13.2 Å². The van der Waals surface area contributed by atoms with Crippen LogP contribution in [0.4, 0.5) is 5.69 Å². The van der Waals surface area contributed by atoms with Crippen LogP contribution in [0.25, 0.3) is 0 Å². The van der Waals surface area contributed by atoms with Gasteiger partial charge in [0, 0.05) is 11.6 Å². The van der Waals surface area contributed by atoms with Gasteiger partial charge in [0.05, 0.1) is 23.7 Å². The number of para-hydroxylation sites is 2. The Balaban J connectivity index is 2.18. The summed E-state index contributed by atoms with van der Waals surface area (Å²) in [6, 6.07) is 12.9. The molecule has 0 heterocycles. The standard InChI is InChI=1S/C19H23ClN2O4S/c1-3-13-22(27(24,25)16-11-9-15(20)10-12-16)14-19(23)21-17-7-5-6-8-18(17)26-4-2/h5-12H,3-4,13-14H2,1-2H3,(H,21,23). The Bertz CT molecular complexity index is 870. The van der Waals surface area contributed by atoms with E-state index in [-0.39, 0.29) is 18.0 Å². The van der Waals surface area contributed by atoms with Gasteiger partial charge in [0.2, 0.25) is 15.9 Å². The maximum atomic E-state index is 12.9. The van der Waals surface area contributed by atoms with Gasteiger partial charge in [-0.3, -0.25) is 4.79 Å². The summed E-state index contributed by atoms with van der Waals surface area (Å²) in [5, 5.41) is 3.17. The van der Waals surface area contributed by atoms with E-state index in [0.717, 1.165) is 4.31 Å². The lowest BCUT2D eigenvalue weighted by atomic mass is 10.3. The van der Waals surface area contributed by atoms with Gasteiger partial charge in [-0.2, -0.15) is 4.31 Å². The molecular weight excluding hydrogens is 388 g/mol. The summed E-state index contributed by atoms with van der Waals surface area (Å²) >= 11 is 5.83. The van der Waals surface area contributed by atoms with Crippen molar-refractivity contribution >= 4 is 33.2 Å². The topological polar surface area (TPSA) is 75.7 Å². The van der Waals surface area contributed by atoms with Gasteiger partial charge in [-0.15, -0.1) is 0 Å². The highest BCUT2D eigenvalue weighted by Gasteiger charge is 2.26. The lowest BCUT2D eigenvalue weighted by Crippen LogP contribution is -2.38. The Morgan fingerprint density at radius 1 is 1.11 bits per heavy atom. The van der Waals surface area contributed by atoms with Crippen LogP contribution in [0.2, 0.25) is 5.02 Å². The lowest BCUT2D eigenvalue weighted by Gasteiger charge is -2.21. The molecule has 0 aliphatic rings. The number of nitrogens with one attached hydrogen (secondary N) is 1. The molecule has 0 saturated carbocycles. The fourth-order valence-electron chi connectivity index (χ4n) is 2.49.